The highest BCUT2D eigenvalue weighted by molar-refractivity contribution is 4.77. The van der Waals surface area contributed by atoms with E-state index in [2.05, 4.69) is 25.7 Å². The van der Waals surface area contributed by atoms with Crippen molar-refractivity contribution in [1.82, 2.24) is 4.90 Å². The Morgan fingerprint density at radius 3 is 2.64 bits per heavy atom. The monoisotopic (exact) mass is 155 g/mol. The average Bonchev–Trinajstić information content (AvgIpc) is 2.37. The van der Waals surface area contributed by atoms with E-state index in [4.69, 9.17) is 0 Å². The Kier molecular flexibility index (Phi) is 3.38. The second kappa shape index (κ2) is 4.10. The van der Waals surface area contributed by atoms with E-state index in [1.54, 1.807) is 0 Å². The molecule has 0 aromatic heterocycles. The highest BCUT2D eigenvalue weighted by Gasteiger charge is 2.22. The molecule has 66 valence electrons. The van der Waals surface area contributed by atoms with Crippen molar-refractivity contribution in [3.63, 3.8) is 0 Å². The summed E-state index contributed by atoms with van der Waals surface area (Å²) in [4.78, 5) is 2.60. The van der Waals surface area contributed by atoms with Crippen LogP contribution in [0.5, 0.6) is 0 Å². The lowest BCUT2D eigenvalue weighted by atomic mass is 10.0. The normalized spacial score (nSPS) is 26.7. The van der Waals surface area contributed by atoms with Gasteiger partial charge in [0.15, 0.2) is 0 Å². The van der Waals surface area contributed by atoms with Gasteiger partial charge in [0.25, 0.3) is 0 Å². The Balaban J connectivity index is 2.23. The van der Waals surface area contributed by atoms with Crippen LogP contribution in [0.4, 0.5) is 0 Å². The molecular weight excluding hydrogens is 134 g/mol. The zero-order valence-electron chi connectivity index (χ0n) is 8.14. The highest BCUT2D eigenvalue weighted by Crippen LogP contribution is 2.22. The first-order chi connectivity index (χ1) is 5.24. The van der Waals surface area contributed by atoms with Gasteiger partial charge in [-0.3, -0.25) is 0 Å². The molecule has 0 unspecified atom stereocenters. The molecule has 0 bridgehead atoms. The van der Waals surface area contributed by atoms with Crippen molar-refractivity contribution in [3.8, 4) is 0 Å². The summed E-state index contributed by atoms with van der Waals surface area (Å²) in [7, 11) is 0. The molecule has 0 aromatic carbocycles. The van der Waals surface area contributed by atoms with E-state index in [-0.39, 0.29) is 0 Å². The maximum atomic E-state index is 2.60. The van der Waals surface area contributed by atoms with Gasteiger partial charge in [0.2, 0.25) is 0 Å². The van der Waals surface area contributed by atoms with Crippen molar-refractivity contribution in [1.29, 1.82) is 0 Å². The number of likely N-dealkylation sites (tertiary alicyclic amines) is 1. The van der Waals surface area contributed by atoms with Gasteiger partial charge in [-0.1, -0.05) is 13.3 Å². The summed E-state index contributed by atoms with van der Waals surface area (Å²) in [6.07, 6.45) is 4.23. The minimum absolute atomic E-state index is 0.761. The summed E-state index contributed by atoms with van der Waals surface area (Å²) in [5, 5.41) is 0. The van der Waals surface area contributed by atoms with Gasteiger partial charge in [-0.15, -0.1) is 0 Å². The van der Waals surface area contributed by atoms with Crippen molar-refractivity contribution >= 4 is 0 Å². The molecule has 1 saturated heterocycles. The van der Waals surface area contributed by atoms with Crippen LogP contribution in [0.3, 0.4) is 0 Å². The molecule has 1 aliphatic rings. The van der Waals surface area contributed by atoms with Crippen LogP contribution < -0.4 is 0 Å². The number of nitrogens with zero attached hydrogens (tertiary/aromatic N) is 1. The topological polar surface area (TPSA) is 3.24 Å². The molecule has 0 N–H and O–H groups in total. The molecule has 0 spiro atoms. The van der Waals surface area contributed by atoms with Gasteiger partial charge in [0.1, 0.15) is 0 Å². The zero-order valence-corrected chi connectivity index (χ0v) is 8.14. The maximum Gasteiger partial charge on any atom is 0.00387 e. The van der Waals surface area contributed by atoms with Crippen molar-refractivity contribution in [2.75, 3.05) is 13.1 Å². The van der Waals surface area contributed by atoms with Gasteiger partial charge in [-0.05, 0) is 39.2 Å². The molecule has 0 amide bonds. The molecule has 1 heterocycles. The van der Waals surface area contributed by atoms with Crippen LogP contribution in [0, 0.1) is 5.92 Å². The molecular formula is C10H21N. The number of hydrogen-bond donors (Lipinski definition) is 0. The van der Waals surface area contributed by atoms with E-state index in [0.717, 1.165) is 12.0 Å². The number of hydrogen-bond acceptors (Lipinski definition) is 1. The fourth-order valence-corrected chi connectivity index (χ4v) is 1.98. The summed E-state index contributed by atoms with van der Waals surface area (Å²) < 4.78 is 0. The van der Waals surface area contributed by atoms with Gasteiger partial charge >= 0.3 is 0 Å². The molecule has 1 atom stereocenters. The molecule has 0 aromatic rings. The Morgan fingerprint density at radius 1 is 1.45 bits per heavy atom. The third kappa shape index (κ3) is 2.48. The Bertz CT molecular complexity index is 109. The second-order valence-electron chi connectivity index (χ2n) is 4.03. The molecule has 1 rings (SSSR count). The van der Waals surface area contributed by atoms with Gasteiger partial charge in [-0.2, -0.15) is 0 Å². The lowest BCUT2D eigenvalue weighted by molar-refractivity contribution is 0.263. The van der Waals surface area contributed by atoms with E-state index in [1.807, 2.05) is 0 Å². The average molecular weight is 155 g/mol. The molecule has 1 fully saturated rings. The van der Waals surface area contributed by atoms with Crippen LogP contribution in [0.15, 0.2) is 0 Å². The summed E-state index contributed by atoms with van der Waals surface area (Å²) in [5.41, 5.74) is 0. The van der Waals surface area contributed by atoms with Crippen LogP contribution in [-0.2, 0) is 0 Å². The lowest BCUT2D eigenvalue weighted by Crippen LogP contribution is -2.28. The van der Waals surface area contributed by atoms with E-state index < -0.39 is 0 Å². The molecule has 1 heteroatoms. The number of rotatable bonds is 3. The van der Waals surface area contributed by atoms with Crippen LogP contribution in [-0.4, -0.2) is 24.0 Å². The van der Waals surface area contributed by atoms with E-state index in [1.165, 1.54) is 32.4 Å². The Labute approximate surface area is 70.8 Å². The van der Waals surface area contributed by atoms with Gasteiger partial charge in [-0.25, -0.2) is 0 Å². The van der Waals surface area contributed by atoms with Gasteiger partial charge in [0, 0.05) is 12.6 Å². The van der Waals surface area contributed by atoms with E-state index in [0.29, 0.717) is 0 Å². The summed E-state index contributed by atoms with van der Waals surface area (Å²) >= 11 is 0. The molecule has 0 radical (unpaired) electrons. The van der Waals surface area contributed by atoms with Crippen LogP contribution in [0.2, 0.25) is 0 Å². The fraction of sp³-hybridized carbons (Fsp3) is 1.00. The first-order valence-corrected chi connectivity index (χ1v) is 4.98. The van der Waals surface area contributed by atoms with Gasteiger partial charge in [0.05, 0.1) is 0 Å². The predicted octanol–water partition coefficient (Wildman–Crippen LogP) is 2.52. The molecule has 1 aliphatic heterocycles. The molecule has 11 heavy (non-hydrogen) atoms. The highest BCUT2D eigenvalue weighted by atomic mass is 15.2. The van der Waals surface area contributed by atoms with Crippen LogP contribution in [0.1, 0.15) is 40.0 Å². The van der Waals surface area contributed by atoms with Gasteiger partial charge < -0.3 is 4.90 Å². The first-order valence-electron chi connectivity index (χ1n) is 4.98. The smallest absolute Gasteiger partial charge is 0.00387 e. The van der Waals surface area contributed by atoms with Crippen molar-refractivity contribution in [2.24, 2.45) is 5.92 Å². The Morgan fingerprint density at radius 2 is 2.18 bits per heavy atom. The van der Waals surface area contributed by atoms with E-state index in [9.17, 15) is 0 Å². The van der Waals surface area contributed by atoms with Crippen molar-refractivity contribution in [2.45, 2.75) is 46.1 Å². The molecule has 0 aliphatic carbocycles. The van der Waals surface area contributed by atoms with Crippen LogP contribution >= 0.6 is 0 Å². The minimum atomic E-state index is 0.761. The summed E-state index contributed by atoms with van der Waals surface area (Å²) in [6, 6.07) is 0.761. The van der Waals surface area contributed by atoms with E-state index >= 15 is 0 Å². The van der Waals surface area contributed by atoms with Crippen molar-refractivity contribution < 1.29 is 0 Å². The molecule has 1 nitrogen and oxygen atoms in total. The second-order valence-corrected chi connectivity index (χ2v) is 4.03. The minimum Gasteiger partial charge on any atom is -0.301 e. The third-order valence-corrected chi connectivity index (χ3v) is 2.74. The predicted molar refractivity (Wildman–Crippen MR) is 49.7 cm³/mol. The third-order valence-electron chi connectivity index (χ3n) is 2.74. The van der Waals surface area contributed by atoms with Crippen LogP contribution in [0.25, 0.3) is 0 Å². The fourth-order valence-electron chi connectivity index (χ4n) is 1.98. The lowest BCUT2D eigenvalue weighted by Gasteiger charge is -2.19. The summed E-state index contributed by atoms with van der Waals surface area (Å²) in [6.45, 7) is 9.58. The Hall–Kier alpha value is -0.0400. The first kappa shape index (κ1) is 9.05. The largest absolute Gasteiger partial charge is 0.301 e. The zero-order chi connectivity index (χ0) is 8.27. The van der Waals surface area contributed by atoms with Crippen molar-refractivity contribution in [3.05, 3.63) is 0 Å². The molecule has 0 saturated carbocycles. The summed E-state index contributed by atoms with van der Waals surface area (Å²) in [5.74, 6) is 1.00. The SMILES string of the molecule is CCC[C@@H]1CCN(C(C)C)C1. The maximum absolute atomic E-state index is 2.60. The quantitative estimate of drug-likeness (QED) is 0.605. The standard InChI is InChI=1S/C10H21N/c1-4-5-10-6-7-11(8-10)9(2)3/h9-10H,4-8H2,1-3H3/t10-/m1/s1.